The summed E-state index contributed by atoms with van der Waals surface area (Å²) in [6.45, 7) is 2.52. The number of amides is 1. The van der Waals surface area contributed by atoms with Gasteiger partial charge in [-0.25, -0.2) is 9.78 Å². The van der Waals surface area contributed by atoms with Crippen molar-refractivity contribution < 1.29 is 14.7 Å². The molecule has 8 heteroatoms. The van der Waals surface area contributed by atoms with Crippen molar-refractivity contribution in [1.82, 2.24) is 14.9 Å². The van der Waals surface area contributed by atoms with E-state index in [9.17, 15) is 14.7 Å². The van der Waals surface area contributed by atoms with Crippen molar-refractivity contribution >= 4 is 35.2 Å². The largest absolute Gasteiger partial charge is 0.480 e. The molecule has 0 saturated carbocycles. The zero-order chi connectivity index (χ0) is 23.6. The van der Waals surface area contributed by atoms with E-state index >= 15 is 0 Å². The first-order valence-electron chi connectivity index (χ1n) is 11.0. The second-order valence-electron chi connectivity index (χ2n) is 7.71. The summed E-state index contributed by atoms with van der Waals surface area (Å²) in [5.74, 6) is -0.669. The van der Waals surface area contributed by atoms with Gasteiger partial charge in [0.15, 0.2) is 5.16 Å². The van der Waals surface area contributed by atoms with Crippen molar-refractivity contribution in [1.29, 1.82) is 0 Å². The third-order valence-corrected chi connectivity index (χ3v) is 6.65. The molecule has 2 aromatic carbocycles. The number of nitrogens with zero attached hydrogens (tertiary/aromatic N) is 2. The maximum Gasteiger partial charge on any atom is 0.326 e. The average molecular weight is 486 g/mol. The Bertz CT molecular complexity index is 1070. The van der Waals surface area contributed by atoms with Crippen LogP contribution in [-0.4, -0.2) is 38.3 Å². The third kappa shape index (κ3) is 7.11. The lowest BCUT2D eigenvalue weighted by Gasteiger charge is -2.17. The summed E-state index contributed by atoms with van der Waals surface area (Å²) in [6, 6.07) is 15.7. The lowest BCUT2D eigenvalue weighted by atomic mass is 10.1. The van der Waals surface area contributed by atoms with E-state index in [1.165, 1.54) is 6.20 Å². The van der Waals surface area contributed by atoms with E-state index in [0.29, 0.717) is 22.4 Å². The lowest BCUT2D eigenvalue weighted by molar-refractivity contribution is -0.139. The predicted molar refractivity (Wildman–Crippen MR) is 132 cm³/mol. The zero-order valence-electron chi connectivity index (χ0n) is 18.5. The molecule has 0 unspecified atom stereocenters. The van der Waals surface area contributed by atoms with Gasteiger partial charge in [-0.15, -0.1) is 0 Å². The molecule has 0 radical (unpaired) electrons. The number of aliphatic carboxylic acids is 1. The summed E-state index contributed by atoms with van der Waals surface area (Å²) in [7, 11) is 0. The standard InChI is InChI=1S/C25H28ClN3O3S/c1-2-3-9-14-33-25-27-16-22(29(25)17-19-12-7-8-13-20(19)26)23(30)28-21(24(31)32)15-18-10-5-4-6-11-18/h4-8,10-13,16,21H,2-3,9,14-15,17H2,1H3,(H,28,30)(H,31,32)/t21-/m0/s1. The van der Waals surface area contributed by atoms with E-state index in [1.807, 2.05) is 59.2 Å². The molecule has 2 N–H and O–H groups in total. The maximum absolute atomic E-state index is 13.2. The summed E-state index contributed by atoms with van der Waals surface area (Å²) in [5, 5.41) is 13.7. The monoisotopic (exact) mass is 485 g/mol. The van der Waals surface area contributed by atoms with E-state index in [2.05, 4.69) is 17.2 Å². The average Bonchev–Trinajstić information content (AvgIpc) is 3.21. The van der Waals surface area contributed by atoms with Crippen LogP contribution >= 0.6 is 23.4 Å². The van der Waals surface area contributed by atoms with Crippen LogP contribution in [0, 0.1) is 0 Å². The van der Waals surface area contributed by atoms with E-state index in [0.717, 1.165) is 36.1 Å². The van der Waals surface area contributed by atoms with Gasteiger partial charge in [0.1, 0.15) is 11.7 Å². The first kappa shape index (κ1) is 24.9. The highest BCUT2D eigenvalue weighted by Gasteiger charge is 2.24. The molecular weight excluding hydrogens is 458 g/mol. The Balaban J connectivity index is 1.83. The van der Waals surface area contributed by atoms with Crippen molar-refractivity contribution in [2.24, 2.45) is 0 Å². The molecule has 0 fully saturated rings. The van der Waals surface area contributed by atoms with E-state index in [-0.39, 0.29) is 6.42 Å². The number of halogens is 1. The number of carboxylic acids is 1. The first-order valence-corrected chi connectivity index (χ1v) is 12.3. The van der Waals surface area contributed by atoms with Crippen LogP contribution in [0.25, 0.3) is 0 Å². The Hall–Kier alpha value is -2.77. The number of carbonyl (C=O) groups is 2. The van der Waals surface area contributed by atoms with Gasteiger partial charge in [-0.2, -0.15) is 0 Å². The maximum atomic E-state index is 13.2. The van der Waals surface area contributed by atoms with Crippen LogP contribution in [-0.2, 0) is 17.8 Å². The number of imidazole rings is 1. The minimum atomic E-state index is -1.08. The summed E-state index contributed by atoms with van der Waals surface area (Å²) in [5.41, 5.74) is 2.01. The molecule has 0 aliphatic rings. The minimum absolute atomic E-state index is 0.194. The van der Waals surface area contributed by atoms with Crippen LogP contribution in [0.2, 0.25) is 5.02 Å². The number of benzene rings is 2. The minimum Gasteiger partial charge on any atom is -0.480 e. The molecule has 1 atom stereocenters. The highest BCUT2D eigenvalue weighted by molar-refractivity contribution is 7.99. The first-order chi connectivity index (χ1) is 16.0. The Morgan fingerprint density at radius 3 is 2.55 bits per heavy atom. The number of carbonyl (C=O) groups excluding carboxylic acids is 1. The Morgan fingerprint density at radius 1 is 1.12 bits per heavy atom. The van der Waals surface area contributed by atoms with Crippen LogP contribution in [0.15, 0.2) is 66.0 Å². The lowest BCUT2D eigenvalue weighted by Crippen LogP contribution is -2.43. The normalized spacial score (nSPS) is 11.8. The summed E-state index contributed by atoms with van der Waals surface area (Å²) >= 11 is 7.96. The molecule has 1 aromatic heterocycles. The van der Waals surface area contributed by atoms with Crippen LogP contribution in [0.4, 0.5) is 0 Å². The number of nitrogens with one attached hydrogen (secondary N) is 1. The fraction of sp³-hybridized carbons (Fsp3) is 0.320. The molecule has 3 rings (SSSR count). The fourth-order valence-electron chi connectivity index (χ4n) is 3.40. The topological polar surface area (TPSA) is 84.2 Å². The van der Waals surface area contributed by atoms with Gasteiger partial charge < -0.3 is 15.0 Å². The molecular formula is C25H28ClN3O3S. The van der Waals surface area contributed by atoms with Gasteiger partial charge in [0.05, 0.1) is 12.7 Å². The molecule has 0 saturated heterocycles. The number of carboxylic acid groups (broad SMARTS) is 1. The van der Waals surface area contributed by atoms with Crippen LogP contribution in [0.5, 0.6) is 0 Å². The van der Waals surface area contributed by atoms with Gasteiger partial charge >= 0.3 is 5.97 Å². The molecule has 0 bridgehead atoms. The van der Waals surface area contributed by atoms with Gasteiger partial charge in [0.2, 0.25) is 0 Å². The molecule has 0 spiro atoms. The molecule has 0 aliphatic carbocycles. The van der Waals surface area contributed by atoms with Gasteiger partial charge in [0, 0.05) is 17.2 Å². The predicted octanol–water partition coefficient (Wildman–Crippen LogP) is 5.29. The summed E-state index contributed by atoms with van der Waals surface area (Å²) in [4.78, 5) is 29.5. The van der Waals surface area contributed by atoms with Gasteiger partial charge in [-0.05, 0) is 23.6 Å². The highest BCUT2D eigenvalue weighted by atomic mass is 35.5. The van der Waals surface area contributed by atoms with Crippen molar-refractivity contribution in [3.8, 4) is 0 Å². The number of unbranched alkanes of at least 4 members (excludes halogenated alkanes) is 2. The molecule has 1 heterocycles. The van der Waals surface area contributed by atoms with Gasteiger partial charge in [0.25, 0.3) is 5.91 Å². The Morgan fingerprint density at radius 2 is 1.85 bits per heavy atom. The highest BCUT2D eigenvalue weighted by Crippen LogP contribution is 2.24. The van der Waals surface area contributed by atoms with E-state index in [1.54, 1.807) is 11.8 Å². The molecule has 33 heavy (non-hydrogen) atoms. The van der Waals surface area contributed by atoms with Crippen LogP contribution < -0.4 is 5.32 Å². The number of thioether (sulfide) groups is 1. The van der Waals surface area contributed by atoms with Crippen molar-refractivity contribution in [3.05, 3.63) is 82.6 Å². The van der Waals surface area contributed by atoms with E-state index < -0.39 is 17.9 Å². The number of hydrogen-bond acceptors (Lipinski definition) is 4. The van der Waals surface area contributed by atoms with Crippen LogP contribution in [0.3, 0.4) is 0 Å². The van der Waals surface area contributed by atoms with Crippen molar-refractivity contribution in [3.63, 3.8) is 0 Å². The number of rotatable bonds is 12. The number of aromatic nitrogens is 2. The van der Waals surface area contributed by atoms with Crippen molar-refractivity contribution in [2.75, 3.05) is 5.75 Å². The SMILES string of the molecule is CCCCCSc1ncc(C(=O)N[C@@H](Cc2ccccc2)C(=O)O)n1Cc1ccccc1Cl. The molecule has 3 aromatic rings. The van der Waals surface area contributed by atoms with Crippen molar-refractivity contribution in [2.45, 2.75) is 50.4 Å². The Kier molecular flexibility index (Phi) is 9.39. The van der Waals surface area contributed by atoms with Gasteiger partial charge in [-0.3, -0.25) is 4.79 Å². The number of hydrogen-bond donors (Lipinski definition) is 2. The molecule has 0 aliphatic heterocycles. The molecule has 6 nitrogen and oxygen atoms in total. The summed E-state index contributed by atoms with van der Waals surface area (Å²) in [6.07, 6.45) is 5.01. The zero-order valence-corrected chi connectivity index (χ0v) is 20.1. The second-order valence-corrected chi connectivity index (χ2v) is 9.18. The quantitative estimate of drug-likeness (QED) is 0.269. The summed E-state index contributed by atoms with van der Waals surface area (Å²) < 4.78 is 1.81. The van der Waals surface area contributed by atoms with Crippen LogP contribution in [0.1, 0.15) is 47.8 Å². The van der Waals surface area contributed by atoms with Gasteiger partial charge in [-0.1, -0.05) is 91.7 Å². The smallest absolute Gasteiger partial charge is 0.326 e. The second kappa shape index (κ2) is 12.5. The third-order valence-electron chi connectivity index (χ3n) is 5.20. The molecule has 1 amide bonds. The molecule has 174 valence electrons. The Labute approximate surface area is 203 Å². The van der Waals surface area contributed by atoms with E-state index in [4.69, 9.17) is 11.6 Å². The fourth-order valence-corrected chi connectivity index (χ4v) is 4.58.